The van der Waals surface area contributed by atoms with Crippen LogP contribution in [0.15, 0.2) is 66.8 Å². The first-order chi connectivity index (χ1) is 20.4. The topological polar surface area (TPSA) is 101 Å². The zero-order valence-electron chi connectivity index (χ0n) is 23.8. The number of aromatic nitrogens is 2. The van der Waals surface area contributed by atoms with Crippen LogP contribution >= 0.6 is 11.6 Å². The lowest BCUT2D eigenvalue weighted by Gasteiger charge is -2.28. The first-order valence-electron chi connectivity index (χ1n) is 13.9. The number of nitrogens with zero attached hydrogens (tertiary/aromatic N) is 4. The SMILES string of the molecule is CC(C)(C)CNc1c(C#N)cnc2c(Cl)cc(N[C@H](C3=CN(C4(C(F)(F)F)CC4)NN3)c3cccc4ncccc34)cc12. The molecule has 1 atom stereocenters. The molecule has 6 rings (SSSR count). The number of hydrogen-bond acceptors (Lipinski definition) is 8. The number of nitrogens with one attached hydrogen (secondary N) is 4. The van der Waals surface area contributed by atoms with Crippen LogP contribution in [0.25, 0.3) is 21.8 Å². The van der Waals surface area contributed by atoms with Crippen molar-refractivity contribution in [2.24, 2.45) is 5.41 Å². The number of halogens is 4. The molecule has 1 saturated carbocycles. The highest BCUT2D eigenvalue weighted by Crippen LogP contribution is 2.54. The molecule has 0 amide bonds. The summed E-state index contributed by atoms with van der Waals surface area (Å²) in [6.07, 6.45) is 0.282. The van der Waals surface area contributed by atoms with Crippen LogP contribution in [0.1, 0.15) is 50.8 Å². The van der Waals surface area contributed by atoms with Gasteiger partial charge in [-0.05, 0) is 48.1 Å². The largest absolute Gasteiger partial charge is 0.413 e. The molecule has 2 aliphatic rings. The Kier molecular flexibility index (Phi) is 7.02. The minimum absolute atomic E-state index is 0.00406. The van der Waals surface area contributed by atoms with Gasteiger partial charge in [-0.15, -0.1) is 5.53 Å². The van der Waals surface area contributed by atoms with Crippen LogP contribution in [0.5, 0.6) is 0 Å². The highest BCUT2D eigenvalue weighted by atomic mass is 35.5. The summed E-state index contributed by atoms with van der Waals surface area (Å²) in [5.41, 5.74) is 7.84. The van der Waals surface area contributed by atoms with Gasteiger partial charge in [-0.2, -0.15) is 18.4 Å². The monoisotopic (exact) mass is 606 g/mol. The van der Waals surface area contributed by atoms with Crippen molar-refractivity contribution in [1.82, 2.24) is 25.9 Å². The van der Waals surface area contributed by atoms with E-state index in [1.807, 2.05) is 36.4 Å². The van der Waals surface area contributed by atoms with E-state index in [1.54, 1.807) is 12.3 Å². The van der Waals surface area contributed by atoms with Gasteiger partial charge in [0.15, 0.2) is 5.54 Å². The zero-order chi connectivity index (χ0) is 30.6. The van der Waals surface area contributed by atoms with Crippen LogP contribution in [-0.4, -0.2) is 33.2 Å². The van der Waals surface area contributed by atoms with Crippen molar-refractivity contribution in [3.63, 3.8) is 0 Å². The van der Waals surface area contributed by atoms with Crippen molar-refractivity contribution in [3.8, 4) is 6.07 Å². The number of hydrogen-bond donors (Lipinski definition) is 4. The number of alkyl halides is 3. The fourth-order valence-corrected chi connectivity index (χ4v) is 5.59. The van der Waals surface area contributed by atoms with E-state index >= 15 is 0 Å². The number of rotatable bonds is 7. The van der Waals surface area contributed by atoms with E-state index in [4.69, 9.17) is 11.6 Å². The van der Waals surface area contributed by atoms with Gasteiger partial charge in [0.25, 0.3) is 0 Å². The lowest BCUT2D eigenvalue weighted by atomic mass is 9.96. The molecular formula is C31H30ClF3N8. The summed E-state index contributed by atoms with van der Waals surface area (Å²) < 4.78 is 41.9. The van der Waals surface area contributed by atoms with E-state index in [9.17, 15) is 18.4 Å². The standard InChI is InChI=1S/C31H30ClF3N8/c1-29(2,3)17-39-26-18(14-36)15-38-27-22(26)12-19(13-23(27)32)40-28(21-6-4-8-24-20(21)7-5-11-37-24)25-16-43(42-41-25)30(9-10-30)31(33,34)35/h4-8,11-13,15-16,28,40-42H,9-10,17H2,1-3H3,(H,38,39)/t28-/m0/s1. The lowest BCUT2D eigenvalue weighted by Crippen LogP contribution is -2.52. The predicted molar refractivity (Wildman–Crippen MR) is 162 cm³/mol. The third kappa shape index (κ3) is 5.37. The Morgan fingerprint density at radius 2 is 1.91 bits per heavy atom. The number of benzene rings is 2. The summed E-state index contributed by atoms with van der Waals surface area (Å²) >= 11 is 6.75. The molecule has 4 aromatic rings. The molecule has 3 heterocycles. The van der Waals surface area contributed by atoms with Crippen molar-refractivity contribution in [3.05, 3.63) is 82.9 Å². The number of nitriles is 1. The van der Waals surface area contributed by atoms with Gasteiger partial charge in [-0.1, -0.05) is 50.6 Å². The third-order valence-electron chi connectivity index (χ3n) is 7.75. The molecule has 1 aliphatic carbocycles. The van der Waals surface area contributed by atoms with Crippen LogP contribution in [0.2, 0.25) is 5.02 Å². The molecule has 2 aromatic heterocycles. The van der Waals surface area contributed by atoms with Crippen LogP contribution in [0.3, 0.4) is 0 Å². The van der Waals surface area contributed by atoms with Gasteiger partial charge in [0, 0.05) is 41.6 Å². The second kappa shape index (κ2) is 10.5. The van der Waals surface area contributed by atoms with E-state index in [1.165, 1.54) is 12.4 Å². The Morgan fingerprint density at radius 3 is 2.60 bits per heavy atom. The Morgan fingerprint density at radius 1 is 1.12 bits per heavy atom. The average molecular weight is 607 g/mol. The minimum atomic E-state index is -4.40. The highest BCUT2D eigenvalue weighted by molar-refractivity contribution is 6.35. The summed E-state index contributed by atoms with van der Waals surface area (Å²) in [5.74, 6) is 0. The maximum atomic E-state index is 14.0. The van der Waals surface area contributed by atoms with Crippen molar-refractivity contribution in [2.45, 2.75) is 51.4 Å². The maximum Gasteiger partial charge on any atom is 0.413 e. The molecule has 222 valence electrons. The number of anilines is 2. The van der Waals surface area contributed by atoms with Crippen molar-refractivity contribution >= 4 is 44.8 Å². The van der Waals surface area contributed by atoms with E-state index in [2.05, 4.69) is 58.4 Å². The van der Waals surface area contributed by atoms with Gasteiger partial charge in [0.2, 0.25) is 0 Å². The number of pyridine rings is 2. The molecule has 0 saturated heterocycles. The van der Waals surface area contributed by atoms with Gasteiger partial charge in [0.05, 0.1) is 39.0 Å². The van der Waals surface area contributed by atoms with E-state index < -0.39 is 17.8 Å². The first kappa shape index (κ1) is 28.8. The smallest absolute Gasteiger partial charge is 0.383 e. The molecule has 0 bridgehead atoms. The molecular weight excluding hydrogens is 577 g/mol. The van der Waals surface area contributed by atoms with Gasteiger partial charge < -0.3 is 16.1 Å². The fraction of sp³-hybridized carbons (Fsp3) is 0.323. The summed E-state index contributed by atoms with van der Waals surface area (Å²) in [6, 6.07) is 14.6. The molecule has 0 radical (unpaired) electrons. The summed E-state index contributed by atoms with van der Waals surface area (Å²) in [4.78, 5) is 8.91. The zero-order valence-corrected chi connectivity index (χ0v) is 24.5. The van der Waals surface area contributed by atoms with Crippen LogP contribution in [-0.2, 0) is 0 Å². The quantitative estimate of drug-likeness (QED) is 0.176. The van der Waals surface area contributed by atoms with Crippen LogP contribution in [0, 0.1) is 16.7 Å². The Balaban J connectivity index is 1.46. The van der Waals surface area contributed by atoms with E-state index in [0.29, 0.717) is 45.1 Å². The molecule has 4 N–H and O–H groups in total. The van der Waals surface area contributed by atoms with Gasteiger partial charge >= 0.3 is 6.18 Å². The van der Waals surface area contributed by atoms with Crippen LogP contribution < -0.4 is 21.6 Å². The second-order valence-corrected chi connectivity index (χ2v) is 12.5. The Labute approximate surface area is 251 Å². The molecule has 8 nitrogen and oxygen atoms in total. The lowest BCUT2D eigenvalue weighted by molar-refractivity contribution is -0.195. The Hall–Kier alpha value is -4.27. The van der Waals surface area contributed by atoms with E-state index in [0.717, 1.165) is 21.5 Å². The summed E-state index contributed by atoms with van der Waals surface area (Å²) in [6.45, 7) is 6.86. The normalized spacial score (nSPS) is 16.9. The molecule has 0 unspecified atom stereocenters. The summed E-state index contributed by atoms with van der Waals surface area (Å²) in [7, 11) is 0. The molecule has 2 aromatic carbocycles. The highest BCUT2D eigenvalue weighted by Gasteiger charge is 2.67. The third-order valence-corrected chi connectivity index (χ3v) is 8.04. The molecule has 12 heteroatoms. The summed E-state index contributed by atoms with van der Waals surface area (Å²) in [5, 5.41) is 19.7. The predicted octanol–water partition coefficient (Wildman–Crippen LogP) is 7.18. The fourth-order valence-electron chi connectivity index (χ4n) is 5.33. The maximum absolute atomic E-state index is 14.0. The molecule has 0 spiro atoms. The van der Waals surface area contributed by atoms with Crippen molar-refractivity contribution in [2.75, 3.05) is 17.2 Å². The minimum Gasteiger partial charge on any atom is -0.383 e. The van der Waals surface area contributed by atoms with Crippen LogP contribution in [0.4, 0.5) is 24.5 Å². The Bertz CT molecular complexity index is 1780. The first-order valence-corrected chi connectivity index (χ1v) is 14.2. The average Bonchev–Trinajstić information content (AvgIpc) is 3.65. The van der Waals surface area contributed by atoms with Gasteiger partial charge in [0.1, 0.15) is 6.07 Å². The van der Waals surface area contributed by atoms with E-state index in [-0.39, 0.29) is 18.3 Å². The van der Waals surface area contributed by atoms with Crippen molar-refractivity contribution in [1.29, 1.82) is 5.26 Å². The van der Waals surface area contributed by atoms with Gasteiger partial charge in [-0.3, -0.25) is 15.0 Å². The van der Waals surface area contributed by atoms with Gasteiger partial charge in [-0.25, -0.2) is 0 Å². The number of fused-ring (bicyclic) bond motifs is 2. The molecule has 1 aliphatic heterocycles. The molecule has 1 fully saturated rings. The van der Waals surface area contributed by atoms with Crippen molar-refractivity contribution < 1.29 is 13.2 Å². The molecule has 43 heavy (non-hydrogen) atoms. The number of hydrazine groups is 2. The second-order valence-electron chi connectivity index (χ2n) is 12.1.